The maximum absolute atomic E-state index is 12.3. The molecule has 2 heterocycles. The van der Waals surface area contributed by atoms with Gasteiger partial charge in [0.15, 0.2) is 15.9 Å². The molecule has 0 radical (unpaired) electrons. The number of aryl methyl sites for hydroxylation is 2. The van der Waals surface area contributed by atoms with Crippen LogP contribution in [0.15, 0.2) is 22.8 Å². The summed E-state index contributed by atoms with van der Waals surface area (Å²) in [5.41, 5.74) is 4.10. The maximum Gasteiger partial charge on any atom is 0.311 e. The molecular formula is C20H23NO6S. The Bertz CT molecular complexity index is 1040. The van der Waals surface area contributed by atoms with Crippen molar-refractivity contribution in [3.8, 4) is 0 Å². The summed E-state index contributed by atoms with van der Waals surface area (Å²) in [5.74, 6) is -0.996. The molecule has 2 aromatic rings. The molecule has 1 N–H and O–H groups in total. The summed E-state index contributed by atoms with van der Waals surface area (Å²) in [6.45, 7) is 1.48. The monoisotopic (exact) mass is 405 g/mol. The molecule has 0 saturated carbocycles. The number of rotatable bonds is 5. The van der Waals surface area contributed by atoms with Crippen LogP contribution in [0.3, 0.4) is 0 Å². The van der Waals surface area contributed by atoms with E-state index in [4.69, 9.17) is 9.15 Å². The first-order chi connectivity index (χ1) is 13.3. The van der Waals surface area contributed by atoms with Crippen molar-refractivity contribution in [3.63, 3.8) is 0 Å². The van der Waals surface area contributed by atoms with E-state index in [2.05, 4.69) is 11.4 Å². The van der Waals surface area contributed by atoms with E-state index in [9.17, 15) is 18.0 Å². The van der Waals surface area contributed by atoms with Crippen LogP contribution < -0.4 is 5.32 Å². The van der Waals surface area contributed by atoms with E-state index in [-0.39, 0.29) is 17.9 Å². The normalized spacial score (nSPS) is 21.4. The van der Waals surface area contributed by atoms with Crippen molar-refractivity contribution in [2.24, 2.45) is 0 Å². The molecule has 2 aliphatic rings. The Labute approximate surface area is 163 Å². The number of ether oxygens (including phenoxy) is 1. The molecule has 1 amide bonds. The molecule has 4 rings (SSSR count). The molecule has 2 unspecified atom stereocenters. The van der Waals surface area contributed by atoms with Crippen LogP contribution in [0.25, 0.3) is 11.0 Å². The second-order valence-electron chi connectivity index (χ2n) is 7.65. The van der Waals surface area contributed by atoms with E-state index in [1.54, 1.807) is 6.26 Å². The summed E-state index contributed by atoms with van der Waals surface area (Å²) >= 11 is 0. The van der Waals surface area contributed by atoms with Crippen LogP contribution in [-0.4, -0.2) is 43.9 Å². The summed E-state index contributed by atoms with van der Waals surface area (Å²) in [7, 11) is -3.08. The van der Waals surface area contributed by atoms with Crippen LogP contribution >= 0.6 is 0 Å². The van der Waals surface area contributed by atoms with E-state index in [1.165, 1.54) is 18.1 Å². The summed E-state index contributed by atoms with van der Waals surface area (Å²) < 4.78 is 33.8. The predicted octanol–water partition coefficient (Wildman–Crippen LogP) is 1.70. The Morgan fingerprint density at radius 3 is 2.75 bits per heavy atom. The zero-order valence-electron chi connectivity index (χ0n) is 15.7. The number of carbonyl (C=O) groups is 2. The molecule has 1 aliphatic heterocycles. The number of amides is 1. The summed E-state index contributed by atoms with van der Waals surface area (Å²) in [5, 5.41) is 3.55. The zero-order chi connectivity index (χ0) is 19.9. The molecule has 7 nitrogen and oxygen atoms in total. The second kappa shape index (κ2) is 7.24. The Balaban J connectivity index is 1.36. The Kier molecular flexibility index (Phi) is 4.91. The van der Waals surface area contributed by atoms with E-state index >= 15 is 0 Å². The minimum Gasteiger partial charge on any atom is -0.464 e. The van der Waals surface area contributed by atoms with Crippen molar-refractivity contribution in [2.45, 2.75) is 51.2 Å². The van der Waals surface area contributed by atoms with Crippen LogP contribution in [-0.2, 0) is 43.4 Å². The van der Waals surface area contributed by atoms with Crippen LogP contribution in [0.1, 0.15) is 36.5 Å². The molecule has 1 aliphatic carbocycles. The fourth-order valence-electron chi connectivity index (χ4n) is 3.96. The van der Waals surface area contributed by atoms with Crippen molar-refractivity contribution < 1.29 is 27.2 Å². The number of nitrogens with one attached hydrogen (secondary N) is 1. The molecule has 0 spiro atoms. The minimum atomic E-state index is -3.08. The van der Waals surface area contributed by atoms with E-state index < -0.39 is 33.9 Å². The van der Waals surface area contributed by atoms with Gasteiger partial charge in [0.25, 0.3) is 5.91 Å². The van der Waals surface area contributed by atoms with Gasteiger partial charge in [-0.1, -0.05) is 0 Å². The lowest BCUT2D eigenvalue weighted by atomic mass is 10.0. The number of esters is 1. The van der Waals surface area contributed by atoms with Gasteiger partial charge in [0, 0.05) is 17.0 Å². The number of hydrogen-bond acceptors (Lipinski definition) is 6. The van der Waals surface area contributed by atoms with Crippen molar-refractivity contribution >= 4 is 32.7 Å². The van der Waals surface area contributed by atoms with Gasteiger partial charge >= 0.3 is 5.97 Å². The second-order valence-corrected chi connectivity index (χ2v) is 9.88. The molecule has 150 valence electrons. The van der Waals surface area contributed by atoms with Gasteiger partial charge in [0.1, 0.15) is 5.58 Å². The van der Waals surface area contributed by atoms with Gasteiger partial charge in [0.2, 0.25) is 0 Å². The fraction of sp³-hybridized carbons (Fsp3) is 0.500. The van der Waals surface area contributed by atoms with E-state index in [0.717, 1.165) is 35.8 Å². The number of furan rings is 1. The topological polar surface area (TPSA) is 103 Å². The number of sulfone groups is 1. The Hall–Kier alpha value is -2.35. The first kappa shape index (κ1) is 19.0. The van der Waals surface area contributed by atoms with Gasteiger partial charge in [-0.15, -0.1) is 0 Å². The lowest BCUT2D eigenvalue weighted by Crippen LogP contribution is -2.42. The van der Waals surface area contributed by atoms with Crippen molar-refractivity contribution in [2.75, 3.05) is 11.5 Å². The number of carbonyl (C=O) groups excluding carboxylic acids is 2. The number of hydrogen-bond donors (Lipinski definition) is 1. The summed E-state index contributed by atoms with van der Waals surface area (Å²) in [6, 6.07) is 3.71. The lowest BCUT2D eigenvalue weighted by molar-refractivity contribution is -0.154. The molecule has 2 atom stereocenters. The minimum absolute atomic E-state index is 0.0151. The Morgan fingerprint density at radius 2 is 2.04 bits per heavy atom. The molecule has 8 heteroatoms. The van der Waals surface area contributed by atoms with Gasteiger partial charge in [-0.05, 0) is 55.9 Å². The smallest absolute Gasteiger partial charge is 0.311 e. The lowest BCUT2D eigenvalue weighted by Gasteiger charge is -2.16. The number of fused-ring (bicyclic) bond motifs is 2. The highest BCUT2D eigenvalue weighted by molar-refractivity contribution is 7.91. The van der Waals surface area contributed by atoms with Crippen LogP contribution in [0.4, 0.5) is 0 Å². The molecule has 1 fully saturated rings. The van der Waals surface area contributed by atoms with Crippen molar-refractivity contribution in [1.29, 1.82) is 0 Å². The summed E-state index contributed by atoms with van der Waals surface area (Å²) in [4.78, 5) is 24.5. The highest BCUT2D eigenvalue weighted by Crippen LogP contribution is 2.30. The van der Waals surface area contributed by atoms with Crippen LogP contribution in [0, 0.1) is 0 Å². The van der Waals surface area contributed by atoms with E-state index in [1.807, 2.05) is 6.07 Å². The molecule has 0 bridgehead atoms. The zero-order valence-corrected chi connectivity index (χ0v) is 16.5. The molecule has 28 heavy (non-hydrogen) atoms. The average Bonchev–Trinajstić information content (AvgIpc) is 3.32. The van der Waals surface area contributed by atoms with Crippen molar-refractivity contribution in [3.05, 3.63) is 35.1 Å². The fourth-order valence-corrected chi connectivity index (χ4v) is 5.63. The van der Waals surface area contributed by atoms with Crippen molar-refractivity contribution in [1.82, 2.24) is 5.32 Å². The van der Waals surface area contributed by atoms with Gasteiger partial charge in [-0.2, -0.15) is 0 Å². The SMILES string of the molecule is CC(OC(=O)Cc1coc2cc3c(cc12)CCC3)C(=O)NC1CCS(=O)(=O)C1. The van der Waals surface area contributed by atoms with Gasteiger partial charge in [-0.25, -0.2) is 8.42 Å². The average molecular weight is 405 g/mol. The third kappa shape index (κ3) is 3.92. The third-order valence-corrected chi connectivity index (χ3v) is 7.23. The highest BCUT2D eigenvalue weighted by Gasteiger charge is 2.30. The largest absolute Gasteiger partial charge is 0.464 e. The first-order valence-electron chi connectivity index (χ1n) is 9.53. The quantitative estimate of drug-likeness (QED) is 0.760. The van der Waals surface area contributed by atoms with Gasteiger partial charge in [-0.3, -0.25) is 9.59 Å². The molecule has 1 saturated heterocycles. The van der Waals surface area contributed by atoms with E-state index in [0.29, 0.717) is 6.42 Å². The predicted molar refractivity (Wildman–Crippen MR) is 103 cm³/mol. The molecular weight excluding hydrogens is 382 g/mol. The summed E-state index contributed by atoms with van der Waals surface area (Å²) in [6.07, 6.45) is 4.20. The number of benzene rings is 1. The Morgan fingerprint density at radius 1 is 1.29 bits per heavy atom. The maximum atomic E-state index is 12.3. The molecule has 1 aromatic carbocycles. The third-order valence-electron chi connectivity index (χ3n) is 5.46. The van der Waals surface area contributed by atoms with Crippen LogP contribution in [0.2, 0.25) is 0 Å². The van der Waals surface area contributed by atoms with Gasteiger partial charge in [0.05, 0.1) is 24.2 Å². The molecule has 1 aromatic heterocycles. The van der Waals surface area contributed by atoms with Crippen LogP contribution in [0.5, 0.6) is 0 Å². The highest BCUT2D eigenvalue weighted by atomic mass is 32.2. The standard InChI is InChI=1S/C20H23NO6S/c1-12(20(23)21-16-5-6-28(24,25)11-16)27-19(22)9-15-10-26-18-8-14-4-2-3-13(14)7-17(15)18/h7-8,10,12,16H,2-6,9,11H2,1H3,(H,21,23). The van der Waals surface area contributed by atoms with Gasteiger partial charge < -0.3 is 14.5 Å². The first-order valence-corrected chi connectivity index (χ1v) is 11.3.